The number of nitro groups is 1. The fourth-order valence-electron chi connectivity index (χ4n) is 4.32. The number of sulfonamides is 1. The van der Waals surface area contributed by atoms with E-state index < -0.39 is 14.9 Å². The predicted molar refractivity (Wildman–Crippen MR) is 120 cm³/mol. The summed E-state index contributed by atoms with van der Waals surface area (Å²) in [5.74, 6) is 0. The van der Waals surface area contributed by atoms with Crippen molar-refractivity contribution in [3.05, 3.63) is 64.2 Å². The first kappa shape index (κ1) is 21.7. The maximum absolute atomic E-state index is 12.9. The Labute approximate surface area is 183 Å². The molecular formula is C22H28N4O4S. The summed E-state index contributed by atoms with van der Waals surface area (Å²) >= 11 is 0. The molecule has 0 amide bonds. The Morgan fingerprint density at radius 3 is 2.19 bits per heavy atom. The standard InChI is InChI=1S/C22H28N4O4S/c27-26(28)22-17-20(31(29,30)25-11-5-2-6-12-25)9-10-21(22)24-15-13-23(14-16-24)18-19-7-3-1-4-8-19/h1,3-4,7-10,17H,2,5-6,11-16,18H2. The first-order chi connectivity index (χ1) is 14.9. The second kappa shape index (κ2) is 9.33. The lowest BCUT2D eigenvalue weighted by molar-refractivity contribution is -0.384. The maximum Gasteiger partial charge on any atom is 0.293 e. The molecule has 0 spiro atoms. The highest BCUT2D eigenvalue weighted by Gasteiger charge is 2.30. The van der Waals surface area contributed by atoms with Gasteiger partial charge in [-0.05, 0) is 30.5 Å². The third-order valence-corrected chi connectivity index (χ3v) is 7.95. The van der Waals surface area contributed by atoms with Crippen molar-refractivity contribution in [3.8, 4) is 0 Å². The highest BCUT2D eigenvalue weighted by molar-refractivity contribution is 7.89. The van der Waals surface area contributed by atoms with Gasteiger partial charge < -0.3 is 4.90 Å². The number of anilines is 1. The number of nitrogens with zero attached hydrogens (tertiary/aromatic N) is 4. The predicted octanol–water partition coefficient (Wildman–Crippen LogP) is 3.09. The second-order valence-electron chi connectivity index (χ2n) is 8.12. The van der Waals surface area contributed by atoms with Gasteiger partial charge in [0.05, 0.1) is 9.82 Å². The van der Waals surface area contributed by atoms with Crippen LogP contribution < -0.4 is 4.90 Å². The van der Waals surface area contributed by atoms with Crippen molar-refractivity contribution in [1.82, 2.24) is 9.21 Å². The van der Waals surface area contributed by atoms with Crippen molar-refractivity contribution in [2.24, 2.45) is 0 Å². The molecular weight excluding hydrogens is 416 g/mol. The quantitative estimate of drug-likeness (QED) is 0.503. The summed E-state index contributed by atoms with van der Waals surface area (Å²) in [7, 11) is -3.71. The molecule has 0 unspecified atom stereocenters. The molecule has 0 bridgehead atoms. The lowest BCUT2D eigenvalue weighted by atomic mass is 10.2. The first-order valence-electron chi connectivity index (χ1n) is 10.7. The van der Waals surface area contributed by atoms with Crippen LogP contribution in [-0.4, -0.2) is 61.8 Å². The van der Waals surface area contributed by atoms with E-state index in [-0.39, 0.29) is 10.6 Å². The molecule has 0 N–H and O–H groups in total. The number of rotatable bonds is 6. The van der Waals surface area contributed by atoms with E-state index >= 15 is 0 Å². The van der Waals surface area contributed by atoms with Crippen LogP contribution in [0.2, 0.25) is 0 Å². The Balaban J connectivity index is 1.49. The number of hydrogen-bond donors (Lipinski definition) is 0. The second-order valence-corrected chi connectivity index (χ2v) is 10.1. The number of hydrogen-bond acceptors (Lipinski definition) is 6. The summed E-state index contributed by atoms with van der Waals surface area (Å²) in [6.07, 6.45) is 2.67. The molecule has 2 fully saturated rings. The van der Waals surface area contributed by atoms with Crippen molar-refractivity contribution in [1.29, 1.82) is 0 Å². The van der Waals surface area contributed by atoms with Crippen molar-refractivity contribution in [3.63, 3.8) is 0 Å². The highest BCUT2D eigenvalue weighted by atomic mass is 32.2. The van der Waals surface area contributed by atoms with Gasteiger partial charge in [-0.15, -0.1) is 0 Å². The number of piperazine rings is 1. The lowest BCUT2D eigenvalue weighted by Crippen LogP contribution is -2.46. The molecule has 31 heavy (non-hydrogen) atoms. The lowest BCUT2D eigenvalue weighted by Gasteiger charge is -2.36. The van der Waals surface area contributed by atoms with Gasteiger partial charge >= 0.3 is 0 Å². The van der Waals surface area contributed by atoms with Gasteiger partial charge in [0.2, 0.25) is 10.0 Å². The SMILES string of the molecule is O=[N+]([O-])c1cc(S(=O)(=O)N2CCCCC2)ccc1N1CCN(Cc2ccccc2)CC1. The summed E-state index contributed by atoms with van der Waals surface area (Å²) in [5.41, 5.74) is 1.59. The Kier molecular flexibility index (Phi) is 6.54. The molecule has 0 radical (unpaired) electrons. The molecule has 2 aliphatic heterocycles. The third kappa shape index (κ3) is 4.89. The summed E-state index contributed by atoms with van der Waals surface area (Å²) in [6, 6.07) is 14.6. The molecule has 8 nitrogen and oxygen atoms in total. The zero-order valence-electron chi connectivity index (χ0n) is 17.5. The van der Waals surface area contributed by atoms with Gasteiger partial charge in [-0.25, -0.2) is 8.42 Å². The Morgan fingerprint density at radius 2 is 1.55 bits per heavy atom. The highest BCUT2D eigenvalue weighted by Crippen LogP contribution is 2.33. The van der Waals surface area contributed by atoms with Gasteiger partial charge in [-0.2, -0.15) is 4.31 Å². The topological polar surface area (TPSA) is 87.0 Å². The van der Waals surface area contributed by atoms with Crippen molar-refractivity contribution < 1.29 is 13.3 Å². The molecule has 4 rings (SSSR count). The number of benzene rings is 2. The molecule has 9 heteroatoms. The van der Waals surface area contributed by atoms with E-state index in [1.807, 2.05) is 23.1 Å². The van der Waals surface area contributed by atoms with Crippen molar-refractivity contribution in [2.75, 3.05) is 44.2 Å². The minimum atomic E-state index is -3.71. The molecule has 0 saturated carbocycles. The first-order valence-corrected chi connectivity index (χ1v) is 12.2. The van der Waals surface area contributed by atoms with Crippen molar-refractivity contribution >= 4 is 21.4 Å². The van der Waals surface area contributed by atoms with Crippen LogP contribution in [-0.2, 0) is 16.6 Å². The van der Waals surface area contributed by atoms with E-state index in [4.69, 9.17) is 0 Å². The van der Waals surface area contributed by atoms with Crippen LogP contribution in [0.25, 0.3) is 0 Å². The minimum Gasteiger partial charge on any atom is -0.363 e. The van der Waals surface area contributed by atoms with Gasteiger partial charge in [0.15, 0.2) is 0 Å². The van der Waals surface area contributed by atoms with Crippen LogP contribution in [0.5, 0.6) is 0 Å². The molecule has 2 aromatic carbocycles. The van der Waals surface area contributed by atoms with E-state index in [1.165, 1.54) is 22.0 Å². The zero-order valence-corrected chi connectivity index (χ0v) is 18.3. The van der Waals surface area contributed by atoms with E-state index in [0.29, 0.717) is 31.9 Å². The summed E-state index contributed by atoms with van der Waals surface area (Å²) in [5, 5.41) is 11.8. The molecule has 2 aromatic rings. The zero-order chi connectivity index (χ0) is 21.8. The maximum atomic E-state index is 12.9. The summed E-state index contributed by atoms with van der Waals surface area (Å²) in [4.78, 5) is 15.6. The normalized spacial score (nSPS) is 18.8. The molecule has 0 atom stereocenters. The molecule has 2 aliphatic rings. The molecule has 2 heterocycles. The smallest absolute Gasteiger partial charge is 0.293 e. The van der Waals surface area contributed by atoms with E-state index in [0.717, 1.165) is 38.9 Å². The monoisotopic (exact) mass is 444 g/mol. The van der Waals surface area contributed by atoms with Gasteiger partial charge in [-0.1, -0.05) is 36.8 Å². The van der Waals surface area contributed by atoms with Crippen LogP contribution in [0.3, 0.4) is 0 Å². The van der Waals surface area contributed by atoms with E-state index in [2.05, 4.69) is 17.0 Å². The Bertz CT molecular complexity index is 1020. The minimum absolute atomic E-state index is 0.00700. The van der Waals surface area contributed by atoms with Crippen LogP contribution >= 0.6 is 0 Å². The molecule has 0 aliphatic carbocycles. The summed E-state index contributed by atoms with van der Waals surface area (Å²) < 4.78 is 27.3. The van der Waals surface area contributed by atoms with Crippen molar-refractivity contribution in [2.45, 2.75) is 30.7 Å². The van der Waals surface area contributed by atoms with E-state index in [9.17, 15) is 18.5 Å². The fourth-order valence-corrected chi connectivity index (χ4v) is 5.86. The van der Waals surface area contributed by atoms with Gasteiger partial charge in [0.1, 0.15) is 5.69 Å². The largest absolute Gasteiger partial charge is 0.363 e. The average molecular weight is 445 g/mol. The van der Waals surface area contributed by atoms with Gasteiger partial charge in [0.25, 0.3) is 5.69 Å². The Hall–Kier alpha value is -2.49. The average Bonchev–Trinajstić information content (AvgIpc) is 2.80. The van der Waals surface area contributed by atoms with Gasteiger partial charge in [-0.3, -0.25) is 15.0 Å². The van der Waals surface area contributed by atoms with Crippen LogP contribution in [0.4, 0.5) is 11.4 Å². The van der Waals surface area contributed by atoms with E-state index in [1.54, 1.807) is 6.07 Å². The molecule has 2 saturated heterocycles. The van der Waals surface area contributed by atoms with Gasteiger partial charge in [0, 0.05) is 51.9 Å². The third-order valence-electron chi connectivity index (χ3n) is 6.06. The molecule has 0 aromatic heterocycles. The summed E-state index contributed by atoms with van der Waals surface area (Å²) in [6.45, 7) is 4.70. The molecule has 166 valence electrons. The van der Waals surface area contributed by atoms with Crippen LogP contribution in [0.1, 0.15) is 24.8 Å². The number of nitro benzene ring substituents is 1. The Morgan fingerprint density at radius 1 is 0.871 bits per heavy atom. The van der Waals surface area contributed by atoms with Crippen LogP contribution in [0.15, 0.2) is 53.4 Å². The van der Waals surface area contributed by atoms with Crippen LogP contribution in [0, 0.1) is 10.1 Å². The fraction of sp³-hybridized carbons (Fsp3) is 0.455. The number of piperidine rings is 1.